The summed E-state index contributed by atoms with van der Waals surface area (Å²) in [5.74, 6) is 1.52. The fraction of sp³-hybridized carbons (Fsp3) is 0.310. The molecule has 1 fully saturated rings. The molecule has 1 aromatic heterocycles. The van der Waals surface area contributed by atoms with Crippen molar-refractivity contribution in [3.05, 3.63) is 89.7 Å². The SMILES string of the molecule is COc1ccc(Cn2cc3cccc(N4CCN(Cc5ccccc5C)CC4)c3c2)cc1OC. The maximum Gasteiger partial charge on any atom is 0.161 e. The Kier molecular flexibility index (Phi) is 6.45. The number of ether oxygens (including phenoxy) is 2. The van der Waals surface area contributed by atoms with Gasteiger partial charge in [-0.25, -0.2) is 0 Å². The van der Waals surface area contributed by atoms with E-state index in [2.05, 4.69) is 88.3 Å². The number of anilines is 1. The van der Waals surface area contributed by atoms with Crippen LogP contribution in [0.4, 0.5) is 5.69 Å². The van der Waals surface area contributed by atoms with Crippen LogP contribution in [0.15, 0.2) is 73.1 Å². The lowest BCUT2D eigenvalue weighted by molar-refractivity contribution is 0.249. The van der Waals surface area contributed by atoms with E-state index in [4.69, 9.17) is 9.47 Å². The maximum absolute atomic E-state index is 5.48. The Hall–Kier alpha value is -3.44. The molecule has 0 spiro atoms. The molecular weight excluding hydrogens is 422 g/mol. The highest BCUT2D eigenvalue weighted by Gasteiger charge is 2.20. The highest BCUT2D eigenvalue weighted by Crippen LogP contribution is 2.31. The van der Waals surface area contributed by atoms with Crippen molar-refractivity contribution in [3.63, 3.8) is 0 Å². The molecule has 0 N–H and O–H groups in total. The number of rotatable bonds is 7. The van der Waals surface area contributed by atoms with Gasteiger partial charge in [0.05, 0.1) is 14.2 Å². The maximum atomic E-state index is 5.48. The van der Waals surface area contributed by atoms with Gasteiger partial charge >= 0.3 is 0 Å². The smallest absolute Gasteiger partial charge is 0.161 e. The molecule has 4 aromatic rings. The third-order valence-corrected chi connectivity index (χ3v) is 6.90. The molecule has 5 nitrogen and oxygen atoms in total. The molecule has 0 atom stereocenters. The van der Waals surface area contributed by atoms with E-state index in [0.29, 0.717) is 0 Å². The molecular formula is C29H33N3O2. The lowest BCUT2D eigenvalue weighted by Crippen LogP contribution is -2.46. The summed E-state index contributed by atoms with van der Waals surface area (Å²) >= 11 is 0. The number of nitrogens with zero attached hydrogens (tertiary/aromatic N) is 3. The lowest BCUT2D eigenvalue weighted by Gasteiger charge is -2.36. The number of aryl methyl sites for hydroxylation is 1. The second kappa shape index (κ2) is 9.82. The van der Waals surface area contributed by atoms with Crippen molar-refractivity contribution in [3.8, 4) is 11.5 Å². The van der Waals surface area contributed by atoms with Crippen LogP contribution in [0, 0.1) is 6.92 Å². The Morgan fingerprint density at radius 2 is 1.56 bits per heavy atom. The Labute approximate surface area is 202 Å². The summed E-state index contributed by atoms with van der Waals surface area (Å²) in [6.07, 6.45) is 4.52. The lowest BCUT2D eigenvalue weighted by atomic mass is 10.1. The highest BCUT2D eigenvalue weighted by atomic mass is 16.5. The van der Waals surface area contributed by atoms with E-state index in [-0.39, 0.29) is 0 Å². The van der Waals surface area contributed by atoms with Crippen LogP contribution in [0.2, 0.25) is 0 Å². The van der Waals surface area contributed by atoms with Gasteiger partial charge in [0.2, 0.25) is 0 Å². The number of benzene rings is 3. The number of methoxy groups -OCH3 is 2. The van der Waals surface area contributed by atoms with Crippen molar-refractivity contribution in [1.82, 2.24) is 9.47 Å². The molecule has 5 heteroatoms. The first-order valence-electron chi connectivity index (χ1n) is 12.0. The zero-order valence-electron chi connectivity index (χ0n) is 20.3. The first kappa shape index (κ1) is 22.4. The van der Waals surface area contributed by atoms with Crippen molar-refractivity contribution >= 4 is 16.5 Å². The Balaban J connectivity index is 1.30. The fourth-order valence-electron chi connectivity index (χ4n) is 4.94. The summed E-state index contributed by atoms with van der Waals surface area (Å²) in [7, 11) is 3.35. The predicted octanol–water partition coefficient (Wildman–Crippen LogP) is 5.34. The average molecular weight is 456 g/mol. The van der Waals surface area contributed by atoms with E-state index in [1.807, 2.05) is 6.07 Å². The van der Waals surface area contributed by atoms with E-state index in [1.165, 1.54) is 33.2 Å². The largest absolute Gasteiger partial charge is 0.493 e. The monoisotopic (exact) mass is 455 g/mol. The normalized spacial score (nSPS) is 14.5. The van der Waals surface area contributed by atoms with Gasteiger partial charge in [-0.05, 0) is 41.8 Å². The molecule has 0 saturated carbocycles. The summed E-state index contributed by atoms with van der Waals surface area (Å²) in [4.78, 5) is 5.11. The molecule has 2 heterocycles. The summed E-state index contributed by atoms with van der Waals surface area (Å²) in [5, 5.41) is 2.59. The quantitative estimate of drug-likeness (QED) is 0.376. The highest BCUT2D eigenvalue weighted by molar-refractivity contribution is 5.94. The summed E-state index contributed by atoms with van der Waals surface area (Å²) in [6, 6.07) is 21.5. The van der Waals surface area contributed by atoms with Gasteiger partial charge in [-0.3, -0.25) is 4.90 Å². The van der Waals surface area contributed by atoms with Crippen molar-refractivity contribution in [2.45, 2.75) is 20.0 Å². The van der Waals surface area contributed by atoms with Crippen molar-refractivity contribution < 1.29 is 9.47 Å². The third kappa shape index (κ3) is 4.62. The minimum atomic E-state index is 0.757. The number of fused-ring (bicyclic) bond motifs is 1. The number of piperazine rings is 1. The summed E-state index contributed by atoms with van der Waals surface area (Å²) in [5.41, 5.74) is 5.33. The first-order chi connectivity index (χ1) is 16.6. The van der Waals surface area contributed by atoms with Crippen LogP contribution in [0.25, 0.3) is 10.8 Å². The van der Waals surface area contributed by atoms with Gasteiger partial charge in [0, 0.05) is 68.1 Å². The van der Waals surface area contributed by atoms with Crippen LogP contribution in [0.1, 0.15) is 16.7 Å². The van der Waals surface area contributed by atoms with E-state index >= 15 is 0 Å². The van der Waals surface area contributed by atoms with Gasteiger partial charge in [-0.15, -0.1) is 0 Å². The van der Waals surface area contributed by atoms with Crippen LogP contribution in [-0.4, -0.2) is 49.9 Å². The van der Waals surface area contributed by atoms with Crippen LogP contribution >= 0.6 is 0 Å². The van der Waals surface area contributed by atoms with Crippen LogP contribution < -0.4 is 14.4 Å². The second-order valence-corrected chi connectivity index (χ2v) is 9.09. The molecule has 5 rings (SSSR count). The summed E-state index contributed by atoms with van der Waals surface area (Å²) in [6.45, 7) is 8.29. The minimum absolute atomic E-state index is 0.757. The zero-order chi connectivity index (χ0) is 23.5. The van der Waals surface area contributed by atoms with Crippen molar-refractivity contribution in [2.24, 2.45) is 0 Å². The molecule has 0 bridgehead atoms. The minimum Gasteiger partial charge on any atom is -0.493 e. The second-order valence-electron chi connectivity index (χ2n) is 9.09. The Morgan fingerprint density at radius 3 is 2.32 bits per heavy atom. The van der Waals surface area contributed by atoms with Crippen LogP contribution in [-0.2, 0) is 13.1 Å². The number of hydrogen-bond acceptors (Lipinski definition) is 4. The Morgan fingerprint density at radius 1 is 0.765 bits per heavy atom. The number of hydrogen-bond donors (Lipinski definition) is 0. The topological polar surface area (TPSA) is 29.9 Å². The fourth-order valence-corrected chi connectivity index (χ4v) is 4.94. The van der Waals surface area contributed by atoms with Gasteiger partial charge in [-0.2, -0.15) is 0 Å². The molecule has 1 aliphatic heterocycles. The molecule has 0 aliphatic carbocycles. The van der Waals surface area contributed by atoms with E-state index in [0.717, 1.165) is 50.8 Å². The van der Waals surface area contributed by atoms with Gasteiger partial charge in [0.15, 0.2) is 11.5 Å². The van der Waals surface area contributed by atoms with Crippen LogP contribution in [0.3, 0.4) is 0 Å². The molecule has 1 saturated heterocycles. The van der Waals surface area contributed by atoms with Gasteiger partial charge in [0.1, 0.15) is 0 Å². The zero-order valence-corrected chi connectivity index (χ0v) is 20.3. The van der Waals surface area contributed by atoms with Gasteiger partial charge < -0.3 is 18.9 Å². The molecule has 0 radical (unpaired) electrons. The van der Waals surface area contributed by atoms with Crippen LogP contribution in [0.5, 0.6) is 11.5 Å². The third-order valence-electron chi connectivity index (χ3n) is 6.90. The summed E-state index contributed by atoms with van der Waals surface area (Å²) < 4.78 is 13.1. The van der Waals surface area contributed by atoms with Crippen molar-refractivity contribution in [2.75, 3.05) is 45.3 Å². The molecule has 34 heavy (non-hydrogen) atoms. The molecule has 176 valence electrons. The van der Waals surface area contributed by atoms with E-state index in [9.17, 15) is 0 Å². The van der Waals surface area contributed by atoms with Gasteiger partial charge in [0.25, 0.3) is 0 Å². The van der Waals surface area contributed by atoms with Crippen molar-refractivity contribution in [1.29, 1.82) is 0 Å². The van der Waals surface area contributed by atoms with E-state index < -0.39 is 0 Å². The molecule has 3 aromatic carbocycles. The number of aromatic nitrogens is 1. The standard InChI is InChI=1S/C29H33N3O2/c1-22-7-4-5-8-24(22)19-30-13-15-32(16-14-30)27-10-6-9-25-20-31(21-26(25)27)18-23-11-12-28(33-2)29(17-23)34-3/h4-12,17,20-21H,13-16,18-19H2,1-3H3. The van der Waals surface area contributed by atoms with E-state index in [1.54, 1.807) is 14.2 Å². The van der Waals surface area contributed by atoms with Gasteiger partial charge in [-0.1, -0.05) is 42.5 Å². The molecule has 1 aliphatic rings. The predicted molar refractivity (Wildman–Crippen MR) is 139 cm³/mol. The molecule has 0 unspecified atom stereocenters. The first-order valence-corrected chi connectivity index (χ1v) is 12.0. The molecule has 0 amide bonds. The Bertz CT molecular complexity index is 1270. The average Bonchev–Trinajstić information content (AvgIpc) is 3.28.